The summed E-state index contributed by atoms with van der Waals surface area (Å²) in [5.74, 6) is 0. The monoisotopic (exact) mass is 351 g/mol. The van der Waals surface area contributed by atoms with E-state index in [1.807, 2.05) is 0 Å². The van der Waals surface area contributed by atoms with Crippen LogP contribution in [-0.4, -0.2) is 6.54 Å². The van der Waals surface area contributed by atoms with E-state index in [4.69, 9.17) is 0 Å². The van der Waals surface area contributed by atoms with Crippen molar-refractivity contribution < 1.29 is 0 Å². The third kappa shape index (κ3) is 3.33. The second-order valence-electron chi connectivity index (χ2n) is 4.46. The van der Waals surface area contributed by atoms with E-state index in [1.54, 1.807) is 0 Å². The smallest absolute Gasteiger partial charge is 0.0576 e. The van der Waals surface area contributed by atoms with Crippen molar-refractivity contribution >= 4 is 22.6 Å². The van der Waals surface area contributed by atoms with E-state index in [9.17, 15) is 0 Å². The second-order valence-corrected chi connectivity index (χ2v) is 5.70. The third-order valence-corrected chi connectivity index (χ3v) is 3.71. The fourth-order valence-electron chi connectivity index (χ4n) is 2.14. The van der Waals surface area contributed by atoms with Crippen LogP contribution in [0.1, 0.15) is 29.7 Å². The van der Waals surface area contributed by atoms with Gasteiger partial charge in [0, 0.05) is 3.57 Å². The number of hydrogen-bond acceptors (Lipinski definition) is 1. The molecular weight excluding hydrogens is 333 g/mol. The zero-order chi connectivity index (χ0) is 13.0. The standard InChI is InChI=1S/C16H18IN/c1-3-18-16(13-7-9-15(17)10-8-13)14-6-4-5-12(2)11-14/h4-11,16,18H,3H2,1-2H3. The van der Waals surface area contributed by atoms with E-state index in [-0.39, 0.29) is 6.04 Å². The third-order valence-electron chi connectivity index (χ3n) is 2.99. The molecule has 0 fully saturated rings. The number of aryl methyl sites for hydroxylation is 1. The molecule has 0 aliphatic heterocycles. The fourth-order valence-corrected chi connectivity index (χ4v) is 2.50. The highest BCUT2D eigenvalue weighted by atomic mass is 127. The minimum Gasteiger partial charge on any atom is -0.307 e. The molecule has 0 aliphatic carbocycles. The maximum absolute atomic E-state index is 3.56. The molecule has 1 unspecified atom stereocenters. The first-order valence-electron chi connectivity index (χ1n) is 6.26. The van der Waals surface area contributed by atoms with E-state index in [1.165, 1.54) is 20.3 Å². The molecule has 0 spiro atoms. The molecule has 18 heavy (non-hydrogen) atoms. The Kier molecular flexibility index (Phi) is 4.78. The molecular formula is C16H18IN. The Bertz CT molecular complexity index is 505. The first-order valence-corrected chi connectivity index (χ1v) is 7.34. The molecule has 1 N–H and O–H groups in total. The molecule has 2 aromatic carbocycles. The predicted octanol–water partition coefficient (Wildman–Crippen LogP) is 4.30. The number of halogens is 1. The lowest BCUT2D eigenvalue weighted by Gasteiger charge is -2.19. The van der Waals surface area contributed by atoms with Gasteiger partial charge in [-0.3, -0.25) is 0 Å². The highest BCUT2D eigenvalue weighted by Gasteiger charge is 2.12. The normalized spacial score (nSPS) is 12.4. The van der Waals surface area contributed by atoms with Crippen LogP contribution in [0.25, 0.3) is 0 Å². The van der Waals surface area contributed by atoms with E-state index in [0.717, 1.165) is 6.54 Å². The van der Waals surface area contributed by atoms with Crippen molar-refractivity contribution in [3.8, 4) is 0 Å². The van der Waals surface area contributed by atoms with Crippen LogP contribution in [0.5, 0.6) is 0 Å². The van der Waals surface area contributed by atoms with Crippen molar-refractivity contribution in [2.75, 3.05) is 6.54 Å². The molecule has 94 valence electrons. The summed E-state index contributed by atoms with van der Waals surface area (Å²) in [6, 6.07) is 17.7. The molecule has 0 aliphatic rings. The first-order chi connectivity index (χ1) is 8.70. The molecule has 2 heteroatoms. The van der Waals surface area contributed by atoms with Gasteiger partial charge in [0.1, 0.15) is 0 Å². The lowest BCUT2D eigenvalue weighted by molar-refractivity contribution is 0.630. The lowest BCUT2D eigenvalue weighted by atomic mass is 9.97. The van der Waals surface area contributed by atoms with Crippen LogP contribution < -0.4 is 5.32 Å². The molecule has 0 amide bonds. The van der Waals surface area contributed by atoms with Gasteiger partial charge >= 0.3 is 0 Å². The molecule has 0 saturated heterocycles. The number of rotatable bonds is 4. The topological polar surface area (TPSA) is 12.0 Å². The molecule has 1 atom stereocenters. The summed E-state index contributed by atoms with van der Waals surface area (Å²) < 4.78 is 1.27. The van der Waals surface area contributed by atoms with Crippen LogP contribution in [0, 0.1) is 10.5 Å². The maximum atomic E-state index is 3.56. The quantitative estimate of drug-likeness (QED) is 0.810. The van der Waals surface area contributed by atoms with Gasteiger partial charge in [0.25, 0.3) is 0 Å². The van der Waals surface area contributed by atoms with Crippen molar-refractivity contribution in [2.24, 2.45) is 0 Å². The van der Waals surface area contributed by atoms with E-state index >= 15 is 0 Å². The molecule has 2 rings (SSSR count). The van der Waals surface area contributed by atoms with Gasteiger partial charge in [0.05, 0.1) is 6.04 Å². The van der Waals surface area contributed by atoms with Crippen molar-refractivity contribution in [2.45, 2.75) is 19.9 Å². The van der Waals surface area contributed by atoms with Gasteiger partial charge in [-0.15, -0.1) is 0 Å². The molecule has 2 aromatic rings. The van der Waals surface area contributed by atoms with Gasteiger partial charge in [0.2, 0.25) is 0 Å². The summed E-state index contributed by atoms with van der Waals surface area (Å²) in [5, 5.41) is 3.56. The average Bonchev–Trinajstić information content (AvgIpc) is 2.37. The van der Waals surface area contributed by atoms with Crippen LogP contribution in [-0.2, 0) is 0 Å². The summed E-state index contributed by atoms with van der Waals surface area (Å²) in [6.07, 6.45) is 0. The van der Waals surface area contributed by atoms with Crippen LogP contribution in [0.3, 0.4) is 0 Å². The SMILES string of the molecule is CCNC(c1ccc(I)cc1)c1cccc(C)c1. The van der Waals surface area contributed by atoms with Gasteiger partial charge in [-0.1, -0.05) is 48.9 Å². The van der Waals surface area contributed by atoms with Gasteiger partial charge in [0.15, 0.2) is 0 Å². The Hall–Kier alpha value is -0.870. The van der Waals surface area contributed by atoms with Gasteiger partial charge < -0.3 is 5.32 Å². The van der Waals surface area contributed by atoms with E-state index < -0.39 is 0 Å². The van der Waals surface area contributed by atoms with Crippen LogP contribution >= 0.6 is 22.6 Å². The maximum Gasteiger partial charge on any atom is 0.0576 e. The zero-order valence-corrected chi connectivity index (χ0v) is 12.9. The fraction of sp³-hybridized carbons (Fsp3) is 0.250. The van der Waals surface area contributed by atoms with Crippen molar-refractivity contribution in [3.05, 3.63) is 68.8 Å². The average molecular weight is 351 g/mol. The number of nitrogens with one attached hydrogen (secondary N) is 1. The van der Waals surface area contributed by atoms with Gasteiger partial charge in [-0.2, -0.15) is 0 Å². The Morgan fingerprint density at radius 1 is 1.06 bits per heavy atom. The Labute approximate surface area is 123 Å². The Morgan fingerprint density at radius 2 is 1.78 bits per heavy atom. The van der Waals surface area contributed by atoms with Gasteiger partial charge in [-0.05, 0) is 59.3 Å². The number of hydrogen-bond donors (Lipinski definition) is 1. The van der Waals surface area contributed by atoms with E-state index in [0.29, 0.717) is 0 Å². The van der Waals surface area contributed by atoms with E-state index in [2.05, 4.69) is 90.3 Å². The Balaban J connectivity index is 2.36. The predicted molar refractivity (Wildman–Crippen MR) is 85.9 cm³/mol. The minimum absolute atomic E-state index is 0.284. The van der Waals surface area contributed by atoms with Crippen molar-refractivity contribution in [1.29, 1.82) is 0 Å². The van der Waals surface area contributed by atoms with Crippen molar-refractivity contribution in [3.63, 3.8) is 0 Å². The molecule has 1 nitrogen and oxygen atoms in total. The summed E-state index contributed by atoms with van der Waals surface area (Å²) in [4.78, 5) is 0. The minimum atomic E-state index is 0.284. The summed E-state index contributed by atoms with van der Waals surface area (Å²) in [7, 11) is 0. The largest absolute Gasteiger partial charge is 0.307 e. The molecule has 0 saturated carbocycles. The highest BCUT2D eigenvalue weighted by Crippen LogP contribution is 2.23. The highest BCUT2D eigenvalue weighted by molar-refractivity contribution is 14.1. The molecule has 0 heterocycles. The zero-order valence-electron chi connectivity index (χ0n) is 10.8. The molecule has 0 aromatic heterocycles. The summed E-state index contributed by atoms with van der Waals surface area (Å²) in [6.45, 7) is 5.25. The molecule has 0 bridgehead atoms. The van der Waals surface area contributed by atoms with Crippen LogP contribution in [0.2, 0.25) is 0 Å². The van der Waals surface area contributed by atoms with Gasteiger partial charge in [-0.25, -0.2) is 0 Å². The van der Waals surface area contributed by atoms with Crippen LogP contribution in [0.4, 0.5) is 0 Å². The van der Waals surface area contributed by atoms with Crippen molar-refractivity contribution in [1.82, 2.24) is 5.32 Å². The second kappa shape index (κ2) is 6.34. The molecule has 0 radical (unpaired) electrons. The lowest BCUT2D eigenvalue weighted by Crippen LogP contribution is -2.22. The van der Waals surface area contributed by atoms with Crippen LogP contribution in [0.15, 0.2) is 48.5 Å². The summed E-state index contributed by atoms with van der Waals surface area (Å²) >= 11 is 2.34. The Morgan fingerprint density at radius 3 is 2.39 bits per heavy atom. The number of benzene rings is 2. The summed E-state index contributed by atoms with van der Waals surface area (Å²) in [5.41, 5.74) is 3.96. The first kappa shape index (κ1) is 13.6.